The van der Waals surface area contributed by atoms with Crippen LogP contribution >= 0.6 is 11.8 Å². The number of rotatable bonds is 5. The van der Waals surface area contributed by atoms with Gasteiger partial charge in [0.1, 0.15) is 5.37 Å². The van der Waals surface area contributed by atoms with E-state index < -0.39 is 0 Å². The summed E-state index contributed by atoms with van der Waals surface area (Å²) in [6.07, 6.45) is 4.09. The Hall–Kier alpha value is -2.27. The van der Waals surface area contributed by atoms with Crippen molar-refractivity contribution >= 4 is 35.0 Å². The van der Waals surface area contributed by atoms with E-state index in [-0.39, 0.29) is 23.1 Å². The summed E-state index contributed by atoms with van der Waals surface area (Å²) < 4.78 is 0. The second-order valence-electron chi connectivity index (χ2n) is 7.19. The number of carbonyl (C=O) groups is 2. The highest BCUT2D eigenvalue weighted by molar-refractivity contribution is 8.00. The van der Waals surface area contributed by atoms with E-state index in [0.717, 1.165) is 42.6 Å². The number of amides is 2. The Morgan fingerprint density at radius 2 is 1.96 bits per heavy atom. The second-order valence-corrected chi connectivity index (χ2v) is 8.26. The quantitative estimate of drug-likeness (QED) is 0.813. The molecule has 0 spiro atoms. The molecule has 4 rings (SSSR count). The largest absolute Gasteiger partial charge is 0.326 e. The van der Waals surface area contributed by atoms with E-state index in [9.17, 15) is 9.59 Å². The molecule has 1 saturated heterocycles. The maximum Gasteiger partial charge on any atom is 0.238 e. The van der Waals surface area contributed by atoms with Crippen LogP contribution in [0.4, 0.5) is 11.4 Å². The van der Waals surface area contributed by atoms with Crippen LogP contribution in [0, 0.1) is 5.92 Å². The number of nitrogens with zero attached hydrogens (tertiary/aromatic N) is 1. The highest BCUT2D eigenvalue weighted by atomic mass is 32.2. The molecule has 1 heterocycles. The molecule has 2 aromatic carbocycles. The Labute approximate surface area is 164 Å². The molecule has 2 aliphatic rings. The second kappa shape index (κ2) is 7.77. The van der Waals surface area contributed by atoms with Crippen LogP contribution in [-0.2, 0) is 16.0 Å². The van der Waals surface area contributed by atoms with Crippen molar-refractivity contribution in [3.05, 3.63) is 59.7 Å². The van der Waals surface area contributed by atoms with Gasteiger partial charge in [0.15, 0.2) is 0 Å². The lowest BCUT2D eigenvalue weighted by Crippen LogP contribution is -2.28. The average molecular weight is 381 g/mol. The molecule has 2 amide bonds. The van der Waals surface area contributed by atoms with Gasteiger partial charge in [-0.1, -0.05) is 37.6 Å². The lowest BCUT2D eigenvalue weighted by atomic mass is 9.85. The van der Waals surface area contributed by atoms with E-state index in [0.29, 0.717) is 5.75 Å². The molecule has 0 aromatic heterocycles. The highest BCUT2D eigenvalue weighted by Gasteiger charge is 2.34. The highest BCUT2D eigenvalue weighted by Crippen LogP contribution is 2.42. The van der Waals surface area contributed by atoms with Crippen LogP contribution < -0.4 is 10.2 Å². The maximum absolute atomic E-state index is 12.5. The van der Waals surface area contributed by atoms with Gasteiger partial charge in [-0.05, 0) is 54.7 Å². The summed E-state index contributed by atoms with van der Waals surface area (Å²) in [5.41, 5.74) is 4.08. The number of hydrogen-bond donors (Lipinski definition) is 1. The molecule has 140 valence electrons. The summed E-state index contributed by atoms with van der Waals surface area (Å²) >= 11 is 1.65. The summed E-state index contributed by atoms with van der Waals surface area (Å²) in [7, 11) is 0. The maximum atomic E-state index is 12.5. The van der Waals surface area contributed by atoms with Crippen LogP contribution in [0.15, 0.2) is 48.5 Å². The summed E-state index contributed by atoms with van der Waals surface area (Å²) in [5, 5.41) is 2.98. The van der Waals surface area contributed by atoms with Crippen LogP contribution in [0.2, 0.25) is 0 Å². The van der Waals surface area contributed by atoms with Crippen LogP contribution in [0.5, 0.6) is 0 Å². The van der Waals surface area contributed by atoms with Gasteiger partial charge >= 0.3 is 0 Å². The van der Waals surface area contributed by atoms with E-state index >= 15 is 0 Å². The van der Waals surface area contributed by atoms with Crippen LogP contribution in [0.25, 0.3) is 0 Å². The van der Waals surface area contributed by atoms with Crippen LogP contribution in [-0.4, -0.2) is 17.6 Å². The zero-order chi connectivity index (χ0) is 18.8. The van der Waals surface area contributed by atoms with E-state index in [4.69, 9.17) is 0 Å². The van der Waals surface area contributed by atoms with Gasteiger partial charge in [0.25, 0.3) is 0 Å². The van der Waals surface area contributed by atoms with Crippen molar-refractivity contribution in [2.45, 2.75) is 38.0 Å². The Kier molecular flexibility index (Phi) is 5.21. The first kappa shape index (κ1) is 18.1. The number of hydrogen-bond acceptors (Lipinski definition) is 3. The van der Waals surface area contributed by atoms with Gasteiger partial charge in [-0.15, -0.1) is 11.8 Å². The Balaban J connectivity index is 1.52. The summed E-state index contributed by atoms with van der Waals surface area (Å²) in [5.74, 6) is 0.924. The lowest BCUT2D eigenvalue weighted by molar-refractivity contribution is -0.122. The molecule has 0 unspecified atom stereocenters. The third-order valence-corrected chi connectivity index (χ3v) is 6.62. The third-order valence-electron chi connectivity index (χ3n) is 5.40. The molecule has 1 aliphatic carbocycles. The van der Waals surface area contributed by atoms with Crippen molar-refractivity contribution in [3.8, 4) is 0 Å². The average Bonchev–Trinajstić information content (AvgIpc) is 3.02. The molecule has 1 saturated carbocycles. The zero-order valence-corrected chi connectivity index (χ0v) is 16.3. The number of benzene rings is 2. The number of anilines is 2. The minimum atomic E-state index is -0.0269. The Bertz CT molecular complexity index is 846. The first-order valence-corrected chi connectivity index (χ1v) is 10.6. The third kappa shape index (κ3) is 3.74. The first-order valence-electron chi connectivity index (χ1n) is 9.59. The predicted molar refractivity (Wildman–Crippen MR) is 111 cm³/mol. The number of nitrogens with one attached hydrogen (secondary N) is 1. The molecule has 4 nitrogen and oxygen atoms in total. The van der Waals surface area contributed by atoms with Gasteiger partial charge in [-0.2, -0.15) is 0 Å². The van der Waals surface area contributed by atoms with Gasteiger partial charge in [0, 0.05) is 17.3 Å². The van der Waals surface area contributed by atoms with Crippen molar-refractivity contribution in [2.75, 3.05) is 16.0 Å². The molecule has 1 N–H and O–H groups in total. The normalized spacial score (nSPS) is 19.8. The monoisotopic (exact) mass is 380 g/mol. The van der Waals surface area contributed by atoms with Crippen molar-refractivity contribution < 1.29 is 9.59 Å². The van der Waals surface area contributed by atoms with E-state index in [1.54, 1.807) is 11.8 Å². The molecule has 27 heavy (non-hydrogen) atoms. The standard InChI is InChI=1S/C22H24N2O2S/c1-2-15-5-3-8-19(13-15)24-20(25)14-27-22(24)17-9-11-18(12-10-17)23-21(26)16-6-4-7-16/h3,5,8-13,16,22H,2,4,6-7,14H2,1H3,(H,23,26)/t22-/m0/s1. The van der Waals surface area contributed by atoms with Gasteiger partial charge < -0.3 is 5.32 Å². The van der Waals surface area contributed by atoms with Crippen molar-refractivity contribution in [3.63, 3.8) is 0 Å². The molecule has 0 radical (unpaired) electrons. The van der Waals surface area contributed by atoms with E-state index in [2.05, 4.69) is 24.4 Å². The molecule has 2 fully saturated rings. The van der Waals surface area contributed by atoms with E-state index in [1.165, 1.54) is 5.56 Å². The fraction of sp³-hybridized carbons (Fsp3) is 0.364. The van der Waals surface area contributed by atoms with Crippen LogP contribution in [0.3, 0.4) is 0 Å². The molecular formula is C22H24N2O2S. The van der Waals surface area contributed by atoms with Crippen molar-refractivity contribution in [1.29, 1.82) is 0 Å². The minimum absolute atomic E-state index is 0.0269. The van der Waals surface area contributed by atoms with Gasteiger partial charge in [0.2, 0.25) is 11.8 Å². The number of thioether (sulfide) groups is 1. The fourth-order valence-electron chi connectivity index (χ4n) is 3.52. The fourth-order valence-corrected chi connectivity index (χ4v) is 4.70. The molecule has 2 aromatic rings. The number of aryl methyl sites for hydroxylation is 1. The first-order chi connectivity index (χ1) is 13.2. The molecular weight excluding hydrogens is 356 g/mol. The zero-order valence-electron chi connectivity index (χ0n) is 15.5. The van der Waals surface area contributed by atoms with Crippen LogP contribution in [0.1, 0.15) is 42.7 Å². The lowest BCUT2D eigenvalue weighted by Gasteiger charge is -2.25. The van der Waals surface area contributed by atoms with Crippen molar-refractivity contribution in [1.82, 2.24) is 0 Å². The summed E-state index contributed by atoms with van der Waals surface area (Å²) in [6, 6.07) is 16.1. The van der Waals surface area contributed by atoms with Gasteiger partial charge in [-0.25, -0.2) is 0 Å². The predicted octanol–water partition coefficient (Wildman–Crippen LogP) is 4.77. The Morgan fingerprint density at radius 3 is 2.63 bits per heavy atom. The molecule has 5 heteroatoms. The van der Waals surface area contributed by atoms with Gasteiger partial charge in [-0.3, -0.25) is 14.5 Å². The Morgan fingerprint density at radius 1 is 1.19 bits per heavy atom. The van der Waals surface area contributed by atoms with E-state index in [1.807, 2.05) is 41.3 Å². The molecule has 1 atom stereocenters. The molecule has 1 aliphatic heterocycles. The topological polar surface area (TPSA) is 49.4 Å². The smallest absolute Gasteiger partial charge is 0.238 e. The van der Waals surface area contributed by atoms with Crippen molar-refractivity contribution in [2.24, 2.45) is 5.92 Å². The summed E-state index contributed by atoms with van der Waals surface area (Å²) in [4.78, 5) is 26.5. The SMILES string of the molecule is CCc1cccc(N2C(=O)CS[C@H]2c2ccc(NC(=O)C3CCC3)cc2)c1. The number of carbonyl (C=O) groups excluding carboxylic acids is 2. The minimum Gasteiger partial charge on any atom is -0.326 e. The summed E-state index contributed by atoms with van der Waals surface area (Å²) in [6.45, 7) is 2.12. The molecule has 0 bridgehead atoms. The van der Waals surface area contributed by atoms with Gasteiger partial charge in [0.05, 0.1) is 5.75 Å².